The normalized spacial score (nSPS) is 11.2. The van der Waals surface area contributed by atoms with Gasteiger partial charge in [-0.25, -0.2) is 4.39 Å². The number of nitrogens with zero attached hydrogens (tertiary/aromatic N) is 3. The first-order valence-electron chi connectivity index (χ1n) is 8.66. The Labute approximate surface area is 158 Å². The molecule has 3 heterocycles. The van der Waals surface area contributed by atoms with Crippen LogP contribution in [-0.4, -0.2) is 26.1 Å². The van der Waals surface area contributed by atoms with Gasteiger partial charge in [-0.1, -0.05) is 12.1 Å². The minimum atomic E-state index is -0.615. The van der Waals surface area contributed by atoms with Gasteiger partial charge in [0.1, 0.15) is 5.82 Å². The number of carbonyl (C=O) groups excluding carboxylic acids is 1. The molecule has 0 amide bonds. The van der Waals surface area contributed by atoms with E-state index in [1.165, 1.54) is 12.3 Å². The number of aromatic nitrogens is 4. The van der Waals surface area contributed by atoms with Crippen molar-refractivity contribution < 1.29 is 13.7 Å². The number of hydrogen-bond donors (Lipinski definition) is 3. The zero-order chi connectivity index (χ0) is 19.8. The minimum absolute atomic E-state index is 0.0699. The molecule has 4 aromatic rings. The number of H-pyrrole nitrogens is 1. The molecule has 0 saturated heterocycles. The summed E-state index contributed by atoms with van der Waals surface area (Å²) in [6.45, 7) is 1.88. The maximum atomic E-state index is 14.8. The van der Waals surface area contributed by atoms with Crippen LogP contribution in [0.1, 0.15) is 30.1 Å². The van der Waals surface area contributed by atoms with E-state index in [4.69, 9.17) is 16.0 Å². The summed E-state index contributed by atoms with van der Waals surface area (Å²) in [7, 11) is 0. The number of nitrogens with two attached hydrogens (primary N) is 2. The molecule has 0 aliphatic heterocycles. The maximum absolute atomic E-state index is 14.8. The average Bonchev–Trinajstić information content (AvgIpc) is 3.32. The van der Waals surface area contributed by atoms with E-state index < -0.39 is 5.82 Å². The van der Waals surface area contributed by atoms with E-state index >= 15 is 0 Å². The molecule has 0 aliphatic rings. The Balaban J connectivity index is 1.96. The number of hydrogen-bond acceptors (Lipinski definition) is 7. The van der Waals surface area contributed by atoms with Crippen molar-refractivity contribution in [3.63, 3.8) is 0 Å². The van der Waals surface area contributed by atoms with Crippen LogP contribution >= 0.6 is 0 Å². The topological polar surface area (TPSA) is 137 Å². The van der Waals surface area contributed by atoms with E-state index in [-0.39, 0.29) is 34.1 Å². The summed E-state index contributed by atoms with van der Waals surface area (Å²) >= 11 is 0. The van der Waals surface area contributed by atoms with Crippen molar-refractivity contribution in [2.24, 2.45) is 0 Å². The molecular formula is C19H17FN6O2. The number of carbonyl (C=O) groups is 1. The lowest BCUT2D eigenvalue weighted by Gasteiger charge is -2.10. The molecule has 3 aromatic heterocycles. The van der Waals surface area contributed by atoms with Gasteiger partial charge >= 0.3 is 0 Å². The lowest BCUT2D eigenvalue weighted by atomic mass is 9.97. The van der Waals surface area contributed by atoms with Crippen molar-refractivity contribution in [2.45, 2.75) is 19.8 Å². The zero-order valence-electron chi connectivity index (χ0n) is 15.0. The number of pyridine rings is 1. The summed E-state index contributed by atoms with van der Waals surface area (Å²) < 4.78 is 20.1. The third-order valence-electron chi connectivity index (χ3n) is 4.50. The first kappa shape index (κ1) is 17.7. The Kier molecular flexibility index (Phi) is 4.26. The highest BCUT2D eigenvalue weighted by Gasteiger charge is 2.22. The Hall–Kier alpha value is -3.75. The predicted octanol–water partition coefficient (Wildman–Crippen LogP) is 3.57. The Morgan fingerprint density at radius 3 is 2.79 bits per heavy atom. The summed E-state index contributed by atoms with van der Waals surface area (Å²) in [5.41, 5.74) is 14.2. The van der Waals surface area contributed by atoms with Crippen molar-refractivity contribution in [3.05, 3.63) is 42.1 Å². The summed E-state index contributed by atoms with van der Waals surface area (Å²) in [5, 5.41) is 10.8. The van der Waals surface area contributed by atoms with E-state index in [0.717, 1.165) is 11.6 Å². The van der Waals surface area contributed by atoms with Crippen molar-refractivity contribution in [3.8, 4) is 22.4 Å². The van der Waals surface area contributed by atoms with Gasteiger partial charge in [-0.3, -0.25) is 14.9 Å². The lowest BCUT2D eigenvalue weighted by Crippen LogP contribution is -2.05. The fraction of sp³-hybridized carbons (Fsp3) is 0.158. The number of ketones is 1. The van der Waals surface area contributed by atoms with Gasteiger partial charge in [-0.2, -0.15) is 5.10 Å². The number of halogens is 1. The van der Waals surface area contributed by atoms with E-state index in [1.807, 2.05) is 6.92 Å². The van der Waals surface area contributed by atoms with Crippen LogP contribution < -0.4 is 11.5 Å². The molecule has 0 radical (unpaired) electrons. The van der Waals surface area contributed by atoms with Crippen LogP contribution in [0.15, 0.2) is 35.2 Å². The van der Waals surface area contributed by atoms with Gasteiger partial charge in [0.25, 0.3) is 0 Å². The first-order chi connectivity index (χ1) is 13.5. The quantitative estimate of drug-likeness (QED) is 0.355. The average molecular weight is 380 g/mol. The van der Waals surface area contributed by atoms with Gasteiger partial charge < -0.3 is 16.0 Å². The van der Waals surface area contributed by atoms with Gasteiger partial charge in [0.05, 0.1) is 17.3 Å². The van der Waals surface area contributed by atoms with Crippen LogP contribution in [0.2, 0.25) is 0 Å². The summed E-state index contributed by atoms with van der Waals surface area (Å²) in [4.78, 5) is 16.8. The molecule has 4 rings (SSSR count). The van der Waals surface area contributed by atoms with E-state index in [1.54, 1.807) is 12.4 Å². The van der Waals surface area contributed by atoms with Gasteiger partial charge in [-0.05, 0) is 18.6 Å². The third-order valence-corrected chi connectivity index (χ3v) is 4.50. The molecule has 0 saturated carbocycles. The van der Waals surface area contributed by atoms with Crippen LogP contribution in [0, 0.1) is 5.82 Å². The second-order valence-electron chi connectivity index (χ2n) is 6.37. The first-order valence-corrected chi connectivity index (χ1v) is 8.66. The molecule has 8 nitrogen and oxygen atoms in total. The Bertz CT molecular complexity index is 1180. The summed E-state index contributed by atoms with van der Waals surface area (Å²) in [6, 6.07) is 2.54. The SMILES string of the molecule is CCCC(=O)c1cc(-c2ncc(-c3cn[nH]c3)c3onc(N)c23)c(F)cc1N. The number of rotatable bonds is 5. The molecule has 142 valence electrons. The zero-order valence-corrected chi connectivity index (χ0v) is 15.0. The highest BCUT2D eigenvalue weighted by Crippen LogP contribution is 2.38. The van der Waals surface area contributed by atoms with Crippen molar-refractivity contribution >= 4 is 28.3 Å². The molecule has 0 atom stereocenters. The molecule has 0 aliphatic carbocycles. The van der Waals surface area contributed by atoms with Crippen molar-refractivity contribution in [2.75, 3.05) is 11.5 Å². The monoisotopic (exact) mass is 380 g/mol. The molecular weight excluding hydrogens is 363 g/mol. The van der Waals surface area contributed by atoms with Gasteiger partial charge in [0.15, 0.2) is 17.2 Å². The third kappa shape index (κ3) is 2.77. The number of nitrogens with one attached hydrogen (secondary N) is 1. The predicted molar refractivity (Wildman–Crippen MR) is 103 cm³/mol. The molecule has 0 bridgehead atoms. The van der Waals surface area contributed by atoms with Crippen LogP contribution in [0.4, 0.5) is 15.9 Å². The van der Waals surface area contributed by atoms with Crippen LogP contribution in [0.3, 0.4) is 0 Å². The van der Waals surface area contributed by atoms with E-state index in [9.17, 15) is 9.18 Å². The standard InChI is InChI=1S/C19H17FN6O2/c1-2-3-15(27)11-4-10(13(20)5-14(11)21)17-16-18(28-26-19(16)22)12(8-23-17)9-6-24-25-7-9/h4-8H,2-3,21H2,1H3,(H2,22,26)(H,24,25). The van der Waals surface area contributed by atoms with E-state index in [2.05, 4.69) is 20.3 Å². The number of anilines is 2. The number of benzene rings is 1. The van der Waals surface area contributed by atoms with Crippen LogP contribution in [0.5, 0.6) is 0 Å². The van der Waals surface area contributed by atoms with Crippen LogP contribution in [0.25, 0.3) is 33.4 Å². The fourth-order valence-electron chi connectivity index (χ4n) is 3.15. The maximum Gasteiger partial charge on any atom is 0.180 e. The van der Waals surface area contributed by atoms with Gasteiger partial charge in [-0.15, -0.1) is 0 Å². The molecule has 0 fully saturated rings. The second kappa shape index (κ2) is 6.76. The number of aromatic amines is 1. The molecule has 0 unspecified atom stereocenters. The van der Waals surface area contributed by atoms with Gasteiger partial charge in [0.2, 0.25) is 0 Å². The smallest absolute Gasteiger partial charge is 0.180 e. The van der Waals surface area contributed by atoms with Gasteiger partial charge in [0, 0.05) is 46.8 Å². The Morgan fingerprint density at radius 1 is 1.25 bits per heavy atom. The molecule has 0 spiro atoms. The molecule has 9 heteroatoms. The largest absolute Gasteiger partial charge is 0.398 e. The fourth-order valence-corrected chi connectivity index (χ4v) is 3.15. The highest BCUT2D eigenvalue weighted by molar-refractivity contribution is 6.07. The Morgan fingerprint density at radius 2 is 2.07 bits per heavy atom. The number of nitrogen functional groups attached to an aromatic ring is 2. The summed E-state index contributed by atoms with van der Waals surface area (Å²) in [6.07, 6.45) is 5.76. The van der Waals surface area contributed by atoms with Crippen molar-refractivity contribution in [1.29, 1.82) is 0 Å². The highest BCUT2D eigenvalue weighted by atomic mass is 19.1. The lowest BCUT2D eigenvalue weighted by molar-refractivity contribution is 0.0982. The minimum Gasteiger partial charge on any atom is -0.398 e. The molecule has 28 heavy (non-hydrogen) atoms. The molecule has 5 N–H and O–H groups in total. The van der Waals surface area contributed by atoms with Crippen LogP contribution in [-0.2, 0) is 0 Å². The van der Waals surface area contributed by atoms with E-state index in [0.29, 0.717) is 29.4 Å². The summed E-state index contributed by atoms with van der Waals surface area (Å²) in [5.74, 6) is -0.706. The van der Waals surface area contributed by atoms with Crippen molar-refractivity contribution in [1.82, 2.24) is 20.3 Å². The number of Topliss-reactive ketones (excluding diaryl/α,β-unsaturated/α-hetero) is 1. The second-order valence-corrected chi connectivity index (χ2v) is 6.37. The number of fused-ring (bicyclic) bond motifs is 1. The molecule has 1 aromatic carbocycles.